The summed E-state index contributed by atoms with van der Waals surface area (Å²) in [6, 6.07) is 15.6. The third-order valence-corrected chi connectivity index (χ3v) is 3.42. The molecule has 5 heteroatoms. The molecule has 0 saturated heterocycles. The number of nitriles is 1. The lowest BCUT2D eigenvalue weighted by atomic mass is 10.2. The number of nitrogens with zero attached hydrogens (tertiary/aromatic N) is 2. The highest BCUT2D eigenvalue weighted by molar-refractivity contribution is 5.90. The van der Waals surface area contributed by atoms with Crippen LogP contribution >= 0.6 is 0 Å². The molecule has 118 valence electrons. The number of carbonyl (C=O) groups excluding carboxylic acids is 1. The third kappa shape index (κ3) is 4.24. The standard InChI is InChI=1S/C18H19N3O2/c1-2-11-21(13-15-8-4-6-10-17(15)22)18(23)20-16-9-5-3-7-14(16)12-19/h3-10,22H,2,11,13H2,1H3,(H,20,23). The first-order valence-electron chi connectivity index (χ1n) is 7.47. The zero-order valence-electron chi connectivity index (χ0n) is 13.0. The Bertz CT molecular complexity index is 722. The van der Waals surface area contributed by atoms with Crippen LogP contribution in [0.15, 0.2) is 48.5 Å². The van der Waals surface area contributed by atoms with Crippen molar-refractivity contribution in [1.29, 1.82) is 5.26 Å². The molecule has 0 atom stereocenters. The summed E-state index contributed by atoms with van der Waals surface area (Å²) in [5.41, 5.74) is 1.59. The number of amides is 2. The van der Waals surface area contributed by atoms with E-state index in [0.717, 1.165) is 6.42 Å². The van der Waals surface area contributed by atoms with Crippen molar-refractivity contribution in [2.45, 2.75) is 19.9 Å². The number of phenols is 1. The molecule has 0 fully saturated rings. The molecule has 0 aliphatic heterocycles. The van der Waals surface area contributed by atoms with E-state index in [2.05, 4.69) is 11.4 Å². The lowest BCUT2D eigenvalue weighted by Crippen LogP contribution is -2.35. The van der Waals surface area contributed by atoms with E-state index in [4.69, 9.17) is 5.26 Å². The van der Waals surface area contributed by atoms with Gasteiger partial charge in [0, 0.05) is 12.1 Å². The van der Waals surface area contributed by atoms with Crippen molar-refractivity contribution in [3.05, 3.63) is 59.7 Å². The van der Waals surface area contributed by atoms with Crippen LogP contribution in [0.4, 0.5) is 10.5 Å². The highest BCUT2D eigenvalue weighted by atomic mass is 16.3. The molecule has 0 saturated carbocycles. The summed E-state index contributed by atoms with van der Waals surface area (Å²) in [6.07, 6.45) is 0.793. The summed E-state index contributed by atoms with van der Waals surface area (Å²) in [5, 5.41) is 21.7. The number of aromatic hydroxyl groups is 1. The second-order valence-electron chi connectivity index (χ2n) is 5.14. The predicted octanol–water partition coefficient (Wildman–Crippen LogP) is 3.71. The van der Waals surface area contributed by atoms with Crippen molar-refractivity contribution < 1.29 is 9.90 Å². The number of phenolic OH excluding ortho intramolecular Hbond substituents is 1. The molecular weight excluding hydrogens is 290 g/mol. The summed E-state index contributed by atoms with van der Waals surface area (Å²) >= 11 is 0. The van der Waals surface area contributed by atoms with Crippen molar-refractivity contribution >= 4 is 11.7 Å². The molecule has 0 aromatic heterocycles. The molecule has 0 spiro atoms. The Hall–Kier alpha value is -3.00. The number of carbonyl (C=O) groups is 1. The fraction of sp³-hybridized carbons (Fsp3) is 0.222. The molecule has 0 bridgehead atoms. The minimum atomic E-state index is -0.294. The highest BCUT2D eigenvalue weighted by Gasteiger charge is 2.16. The summed E-state index contributed by atoms with van der Waals surface area (Å²) in [5.74, 6) is 0.166. The lowest BCUT2D eigenvalue weighted by molar-refractivity contribution is 0.208. The van der Waals surface area contributed by atoms with Gasteiger partial charge in [-0.3, -0.25) is 0 Å². The number of nitrogens with one attached hydrogen (secondary N) is 1. The van der Waals surface area contributed by atoms with Crippen LogP contribution in [0.2, 0.25) is 0 Å². The quantitative estimate of drug-likeness (QED) is 0.884. The van der Waals surface area contributed by atoms with Gasteiger partial charge in [-0.25, -0.2) is 4.79 Å². The zero-order chi connectivity index (χ0) is 16.7. The zero-order valence-corrected chi connectivity index (χ0v) is 13.0. The summed E-state index contributed by atoms with van der Waals surface area (Å²) in [6.45, 7) is 2.84. The van der Waals surface area contributed by atoms with Gasteiger partial charge in [0.1, 0.15) is 11.8 Å². The van der Waals surface area contributed by atoms with Gasteiger partial charge >= 0.3 is 6.03 Å². The Morgan fingerprint density at radius 2 is 1.91 bits per heavy atom. The summed E-state index contributed by atoms with van der Waals surface area (Å²) in [7, 11) is 0. The van der Waals surface area contributed by atoms with E-state index < -0.39 is 0 Å². The number of benzene rings is 2. The smallest absolute Gasteiger partial charge is 0.322 e. The number of rotatable bonds is 5. The van der Waals surface area contributed by atoms with E-state index in [1.54, 1.807) is 47.4 Å². The van der Waals surface area contributed by atoms with Gasteiger partial charge in [-0.2, -0.15) is 5.26 Å². The van der Waals surface area contributed by atoms with Gasteiger partial charge in [-0.05, 0) is 24.6 Å². The molecule has 0 aliphatic rings. The van der Waals surface area contributed by atoms with Crippen LogP contribution in [0.3, 0.4) is 0 Å². The fourth-order valence-electron chi connectivity index (χ4n) is 2.26. The first-order chi connectivity index (χ1) is 11.2. The van der Waals surface area contributed by atoms with Crippen molar-refractivity contribution in [1.82, 2.24) is 4.90 Å². The molecule has 0 aliphatic carbocycles. The normalized spacial score (nSPS) is 9.91. The Morgan fingerprint density at radius 3 is 2.61 bits per heavy atom. The van der Waals surface area contributed by atoms with E-state index in [9.17, 15) is 9.90 Å². The van der Waals surface area contributed by atoms with Crippen LogP contribution in [0.1, 0.15) is 24.5 Å². The minimum absolute atomic E-state index is 0.166. The van der Waals surface area contributed by atoms with Gasteiger partial charge in [0.25, 0.3) is 0 Å². The van der Waals surface area contributed by atoms with Crippen LogP contribution < -0.4 is 5.32 Å². The SMILES string of the molecule is CCCN(Cc1ccccc1O)C(=O)Nc1ccccc1C#N. The maximum Gasteiger partial charge on any atom is 0.322 e. The van der Waals surface area contributed by atoms with Crippen molar-refractivity contribution in [3.63, 3.8) is 0 Å². The number of hydrogen-bond donors (Lipinski definition) is 2. The molecule has 2 aromatic carbocycles. The van der Waals surface area contributed by atoms with Crippen LogP contribution in [0.5, 0.6) is 5.75 Å². The lowest BCUT2D eigenvalue weighted by Gasteiger charge is -2.23. The van der Waals surface area contributed by atoms with E-state index in [1.807, 2.05) is 13.0 Å². The monoisotopic (exact) mass is 309 g/mol. The van der Waals surface area contributed by atoms with Gasteiger partial charge < -0.3 is 15.3 Å². The highest BCUT2D eigenvalue weighted by Crippen LogP contribution is 2.19. The average Bonchev–Trinajstić information content (AvgIpc) is 2.56. The van der Waals surface area contributed by atoms with Crippen molar-refractivity contribution in [2.24, 2.45) is 0 Å². The molecule has 2 rings (SSSR count). The average molecular weight is 309 g/mol. The van der Waals surface area contributed by atoms with Crippen LogP contribution in [-0.2, 0) is 6.54 Å². The largest absolute Gasteiger partial charge is 0.508 e. The molecule has 0 unspecified atom stereocenters. The molecule has 23 heavy (non-hydrogen) atoms. The Labute approximate surface area is 135 Å². The van der Waals surface area contributed by atoms with Crippen molar-refractivity contribution in [2.75, 3.05) is 11.9 Å². The summed E-state index contributed by atoms with van der Waals surface area (Å²) in [4.78, 5) is 14.1. The molecular formula is C18H19N3O2. The van der Waals surface area contributed by atoms with Gasteiger partial charge in [0.2, 0.25) is 0 Å². The molecule has 2 N–H and O–H groups in total. The molecule has 0 heterocycles. The van der Waals surface area contributed by atoms with Gasteiger partial charge in [0.05, 0.1) is 17.8 Å². The number of para-hydroxylation sites is 2. The molecule has 5 nitrogen and oxygen atoms in total. The maximum absolute atomic E-state index is 12.5. The number of hydrogen-bond acceptors (Lipinski definition) is 3. The second kappa shape index (κ2) is 7.85. The van der Waals surface area contributed by atoms with Crippen LogP contribution in [-0.4, -0.2) is 22.6 Å². The molecule has 2 aromatic rings. The van der Waals surface area contributed by atoms with Crippen molar-refractivity contribution in [3.8, 4) is 11.8 Å². The maximum atomic E-state index is 12.5. The third-order valence-electron chi connectivity index (χ3n) is 3.42. The molecule has 2 amide bonds. The van der Waals surface area contributed by atoms with E-state index in [-0.39, 0.29) is 11.8 Å². The fourth-order valence-corrected chi connectivity index (χ4v) is 2.26. The van der Waals surface area contributed by atoms with Gasteiger partial charge in [0.15, 0.2) is 0 Å². The Kier molecular flexibility index (Phi) is 5.59. The topological polar surface area (TPSA) is 76.4 Å². The summed E-state index contributed by atoms with van der Waals surface area (Å²) < 4.78 is 0. The predicted molar refractivity (Wildman–Crippen MR) is 89.0 cm³/mol. The van der Waals surface area contributed by atoms with Crippen LogP contribution in [0.25, 0.3) is 0 Å². The number of anilines is 1. The van der Waals surface area contributed by atoms with Gasteiger partial charge in [-0.1, -0.05) is 37.3 Å². The van der Waals surface area contributed by atoms with E-state index >= 15 is 0 Å². The van der Waals surface area contributed by atoms with E-state index in [0.29, 0.717) is 29.9 Å². The Balaban J connectivity index is 2.16. The second-order valence-corrected chi connectivity index (χ2v) is 5.14. The van der Waals surface area contributed by atoms with Gasteiger partial charge in [-0.15, -0.1) is 0 Å². The van der Waals surface area contributed by atoms with Crippen LogP contribution in [0, 0.1) is 11.3 Å². The number of urea groups is 1. The first-order valence-corrected chi connectivity index (χ1v) is 7.47. The minimum Gasteiger partial charge on any atom is -0.508 e. The Morgan fingerprint density at radius 1 is 1.22 bits per heavy atom. The molecule has 0 radical (unpaired) electrons. The first kappa shape index (κ1) is 16.4. The van der Waals surface area contributed by atoms with E-state index in [1.165, 1.54) is 0 Å².